The number of fused-ring (bicyclic) bond motifs is 1. The second kappa shape index (κ2) is 10.4. The second-order valence-corrected chi connectivity index (χ2v) is 7.55. The number of hydrogen-bond donors (Lipinski definition) is 2. The molecule has 1 fully saturated rings. The summed E-state index contributed by atoms with van der Waals surface area (Å²) in [6, 6.07) is 6.36. The molecule has 0 saturated carbocycles. The molecule has 3 heterocycles. The first-order chi connectivity index (χ1) is 13.7. The normalized spacial score (nSPS) is 17.2. The maximum atomic E-state index is 5.52. The van der Waals surface area contributed by atoms with Crippen LogP contribution in [0.1, 0.15) is 33.0 Å². The molecular weight excluding hydrogens is 354 g/mol. The summed E-state index contributed by atoms with van der Waals surface area (Å²) >= 11 is 0. The molecule has 0 aromatic carbocycles. The van der Waals surface area contributed by atoms with E-state index in [9.17, 15) is 0 Å². The summed E-state index contributed by atoms with van der Waals surface area (Å²) in [5.74, 6) is 2.30. The third kappa shape index (κ3) is 5.65. The van der Waals surface area contributed by atoms with E-state index in [1.54, 1.807) is 0 Å². The van der Waals surface area contributed by atoms with Gasteiger partial charge in [0.05, 0.1) is 13.2 Å². The standard InChI is InChI=1S/C20H33N7O/c1-4-21-20(23-15-19-25-24-18-7-5-6-8-27(18)19)22-14-17(13-16(2)3)26-9-11-28-12-10-26/h5-8,16-17H,4,9-15H2,1-3H3,(H2,21,22,23). The number of hydrogen-bond acceptors (Lipinski definition) is 5. The molecule has 1 atom stereocenters. The van der Waals surface area contributed by atoms with E-state index in [4.69, 9.17) is 9.73 Å². The van der Waals surface area contributed by atoms with Gasteiger partial charge in [-0.05, 0) is 31.4 Å². The molecule has 8 heteroatoms. The first kappa shape index (κ1) is 20.5. The van der Waals surface area contributed by atoms with Crippen molar-refractivity contribution in [2.45, 2.75) is 39.8 Å². The van der Waals surface area contributed by atoms with Gasteiger partial charge in [0, 0.05) is 38.4 Å². The molecule has 2 N–H and O–H groups in total. The van der Waals surface area contributed by atoms with Gasteiger partial charge in [0.15, 0.2) is 17.4 Å². The Bertz CT molecular complexity index is 752. The van der Waals surface area contributed by atoms with Gasteiger partial charge < -0.3 is 15.4 Å². The maximum Gasteiger partial charge on any atom is 0.191 e. The van der Waals surface area contributed by atoms with Crippen LogP contribution in [-0.2, 0) is 11.3 Å². The fourth-order valence-corrected chi connectivity index (χ4v) is 3.55. The Balaban J connectivity index is 1.64. The molecule has 1 aliphatic rings. The first-order valence-corrected chi connectivity index (χ1v) is 10.3. The fraction of sp³-hybridized carbons (Fsp3) is 0.650. The van der Waals surface area contributed by atoms with E-state index in [1.165, 1.54) is 0 Å². The lowest BCUT2D eigenvalue weighted by Gasteiger charge is -2.35. The summed E-state index contributed by atoms with van der Waals surface area (Å²) in [6.45, 7) is 12.4. The van der Waals surface area contributed by atoms with Gasteiger partial charge in [-0.1, -0.05) is 19.9 Å². The Morgan fingerprint density at radius 3 is 2.79 bits per heavy atom. The zero-order chi connectivity index (χ0) is 19.8. The van der Waals surface area contributed by atoms with Gasteiger partial charge in [0.1, 0.15) is 6.54 Å². The zero-order valence-corrected chi connectivity index (χ0v) is 17.3. The number of aliphatic imine (C=N–C) groups is 1. The quantitative estimate of drug-likeness (QED) is 0.528. The number of nitrogens with zero attached hydrogens (tertiary/aromatic N) is 5. The van der Waals surface area contributed by atoms with Crippen LogP contribution in [0.2, 0.25) is 0 Å². The summed E-state index contributed by atoms with van der Waals surface area (Å²) in [5, 5.41) is 15.3. The number of rotatable bonds is 8. The molecule has 0 spiro atoms. The Morgan fingerprint density at radius 1 is 1.21 bits per heavy atom. The summed E-state index contributed by atoms with van der Waals surface area (Å²) in [7, 11) is 0. The van der Waals surface area contributed by atoms with Crippen LogP contribution in [-0.4, -0.2) is 70.9 Å². The first-order valence-electron chi connectivity index (χ1n) is 10.3. The molecule has 2 aromatic rings. The minimum absolute atomic E-state index is 0.474. The van der Waals surface area contributed by atoms with Crippen LogP contribution in [0.15, 0.2) is 29.4 Å². The molecule has 0 radical (unpaired) electrons. The van der Waals surface area contributed by atoms with Crippen molar-refractivity contribution in [3.05, 3.63) is 30.2 Å². The van der Waals surface area contributed by atoms with Crippen molar-refractivity contribution in [3.63, 3.8) is 0 Å². The van der Waals surface area contributed by atoms with Gasteiger partial charge in [0.2, 0.25) is 0 Å². The topological polar surface area (TPSA) is 79.1 Å². The monoisotopic (exact) mass is 387 g/mol. The highest BCUT2D eigenvalue weighted by atomic mass is 16.5. The van der Waals surface area contributed by atoms with Gasteiger partial charge in [-0.15, -0.1) is 10.2 Å². The molecule has 1 unspecified atom stereocenters. The van der Waals surface area contributed by atoms with Crippen LogP contribution in [0.4, 0.5) is 0 Å². The molecule has 3 rings (SSSR count). The SMILES string of the molecule is CCNC(=NCc1nnc2ccccn12)NCC(CC(C)C)N1CCOCC1. The van der Waals surface area contributed by atoms with Crippen LogP contribution in [0.3, 0.4) is 0 Å². The predicted molar refractivity (Wildman–Crippen MR) is 111 cm³/mol. The van der Waals surface area contributed by atoms with Crippen LogP contribution < -0.4 is 10.6 Å². The van der Waals surface area contributed by atoms with E-state index >= 15 is 0 Å². The van der Waals surface area contributed by atoms with E-state index < -0.39 is 0 Å². The molecule has 28 heavy (non-hydrogen) atoms. The van der Waals surface area contributed by atoms with Crippen molar-refractivity contribution in [3.8, 4) is 0 Å². The van der Waals surface area contributed by atoms with Crippen molar-refractivity contribution in [1.29, 1.82) is 0 Å². The van der Waals surface area contributed by atoms with Crippen LogP contribution in [0.5, 0.6) is 0 Å². The molecule has 1 saturated heterocycles. The van der Waals surface area contributed by atoms with Crippen molar-refractivity contribution in [2.24, 2.45) is 10.9 Å². The second-order valence-electron chi connectivity index (χ2n) is 7.55. The lowest BCUT2D eigenvalue weighted by Crippen LogP contribution is -2.51. The highest BCUT2D eigenvalue weighted by Gasteiger charge is 2.22. The zero-order valence-electron chi connectivity index (χ0n) is 17.3. The van der Waals surface area contributed by atoms with E-state index in [1.807, 2.05) is 28.8 Å². The lowest BCUT2D eigenvalue weighted by atomic mass is 10.0. The van der Waals surface area contributed by atoms with Crippen molar-refractivity contribution in [1.82, 2.24) is 30.1 Å². The van der Waals surface area contributed by atoms with Gasteiger partial charge in [-0.25, -0.2) is 4.99 Å². The highest BCUT2D eigenvalue weighted by molar-refractivity contribution is 5.79. The number of ether oxygens (including phenoxy) is 1. The van der Waals surface area contributed by atoms with Gasteiger partial charge >= 0.3 is 0 Å². The number of pyridine rings is 1. The number of aromatic nitrogens is 3. The van der Waals surface area contributed by atoms with Crippen LogP contribution >= 0.6 is 0 Å². The third-order valence-corrected chi connectivity index (χ3v) is 4.92. The summed E-state index contributed by atoms with van der Waals surface area (Å²) in [5.41, 5.74) is 0.843. The molecule has 0 aliphatic carbocycles. The molecule has 2 aromatic heterocycles. The minimum atomic E-state index is 0.474. The van der Waals surface area contributed by atoms with Crippen LogP contribution in [0, 0.1) is 5.92 Å². The Hall–Kier alpha value is -2.19. The van der Waals surface area contributed by atoms with Crippen molar-refractivity contribution < 1.29 is 4.74 Å². The molecule has 1 aliphatic heterocycles. The Labute approximate surface area is 167 Å². The molecule has 0 bridgehead atoms. The van der Waals surface area contributed by atoms with Crippen molar-refractivity contribution in [2.75, 3.05) is 39.4 Å². The van der Waals surface area contributed by atoms with Crippen molar-refractivity contribution >= 4 is 11.6 Å². The highest BCUT2D eigenvalue weighted by Crippen LogP contribution is 2.13. The predicted octanol–water partition coefficient (Wildman–Crippen LogP) is 1.53. The molecular formula is C20H33N7O. The van der Waals surface area contributed by atoms with Gasteiger partial charge in [-0.3, -0.25) is 9.30 Å². The summed E-state index contributed by atoms with van der Waals surface area (Å²) < 4.78 is 7.50. The summed E-state index contributed by atoms with van der Waals surface area (Å²) in [4.78, 5) is 7.26. The van der Waals surface area contributed by atoms with Gasteiger partial charge in [-0.2, -0.15) is 0 Å². The molecule has 0 amide bonds. The Morgan fingerprint density at radius 2 is 2.04 bits per heavy atom. The fourth-order valence-electron chi connectivity index (χ4n) is 3.55. The lowest BCUT2D eigenvalue weighted by molar-refractivity contribution is 0.0132. The number of nitrogens with one attached hydrogen (secondary N) is 2. The van der Waals surface area contributed by atoms with E-state index in [2.05, 4.69) is 46.5 Å². The average Bonchev–Trinajstić information content (AvgIpc) is 3.12. The molecule has 154 valence electrons. The molecule has 8 nitrogen and oxygen atoms in total. The maximum absolute atomic E-state index is 5.52. The third-order valence-electron chi connectivity index (χ3n) is 4.92. The van der Waals surface area contributed by atoms with Crippen LogP contribution in [0.25, 0.3) is 5.65 Å². The minimum Gasteiger partial charge on any atom is -0.379 e. The smallest absolute Gasteiger partial charge is 0.191 e. The number of morpholine rings is 1. The Kier molecular flexibility index (Phi) is 7.62. The van der Waals surface area contributed by atoms with E-state index in [-0.39, 0.29) is 0 Å². The van der Waals surface area contributed by atoms with E-state index in [0.29, 0.717) is 18.5 Å². The largest absolute Gasteiger partial charge is 0.379 e. The van der Waals surface area contributed by atoms with Gasteiger partial charge in [0.25, 0.3) is 0 Å². The summed E-state index contributed by atoms with van der Waals surface area (Å²) in [6.07, 6.45) is 3.12. The number of guanidine groups is 1. The van der Waals surface area contributed by atoms with E-state index in [0.717, 1.165) is 63.2 Å². The average molecular weight is 388 g/mol.